The fraction of sp³-hybridized carbons (Fsp3) is 0.286. The summed E-state index contributed by atoms with van der Waals surface area (Å²) >= 11 is 1.40. The quantitative estimate of drug-likeness (QED) is 0.441. The number of rotatable bonds is 4. The second-order valence-electron chi connectivity index (χ2n) is 2.06. The summed E-state index contributed by atoms with van der Waals surface area (Å²) in [6.45, 7) is 0. The van der Waals surface area contributed by atoms with Crippen LogP contribution in [0, 0.1) is 0 Å². The molecular formula is C7H9N3O2S. The van der Waals surface area contributed by atoms with Crippen LogP contribution in [0.25, 0.3) is 0 Å². The van der Waals surface area contributed by atoms with Gasteiger partial charge in [0.2, 0.25) is 0 Å². The number of nitrogens with zero attached hydrogens (tertiary/aromatic N) is 2. The fourth-order valence-electron chi connectivity index (χ4n) is 0.733. The molecule has 1 heterocycles. The molecule has 0 fully saturated rings. The summed E-state index contributed by atoms with van der Waals surface area (Å²) < 4.78 is 0. The summed E-state index contributed by atoms with van der Waals surface area (Å²) in [6.07, 6.45) is 0.609. The maximum atomic E-state index is 10.5. The monoisotopic (exact) mass is 199 g/mol. The van der Waals surface area contributed by atoms with E-state index in [0.29, 0.717) is 12.0 Å². The van der Waals surface area contributed by atoms with E-state index in [2.05, 4.69) is 20.3 Å². The standard InChI is InChI=1S/C7H9N3O2S/c1-8-7-9-6(4-13-7)5(3-11)10-12-2/h3-4H,1-2H3,(H,8,9)/b10-5+. The minimum atomic E-state index is 0.195. The molecular weight excluding hydrogens is 190 g/mol. The van der Waals surface area contributed by atoms with E-state index in [1.807, 2.05) is 0 Å². The van der Waals surface area contributed by atoms with Crippen molar-refractivity contribution in [1.82, 2.24) is 4.98 Å². The Kier molecular flexibility index (Phi) is 3.39. The van der Waals surface area contributed by atoms with Crippen LogP contribution in [0.1, 0.15) is 5.69 Å². The van der Waals surface area contributed by atoms with Crippen LogP contribution in [-0.2, 0) is 9.63 Å². The zero-order valence-corrected chi connectivity index (χ0v) is 8.09. The molecule has 0 atom stereocenters. The minimum absolute atomic E-state index is 0.195. The highest BCUT2D eigenvalue weighted by Gasteiger charge is 2.07. The lowest BCUT2D eigenvalue weighted by Crippen LogP contribution is -2.03. The highest BCUT2D eigenvalue weighted by molar-refractivity contribution is 7.14. The molecule has 0 saturated carbocycles. The van der Waals surface area contributed by atoms with Gasteiger partial charge in [-0.05, 0) is 0 Å². The van der Waals surface area contributed by atoms with Crippen LogP contribution in [0.4, 0.5) is 5.13 Å². The summed E-state index contributed by atoms with van der Waals surface area (Å²) in [4.78, 5) is 19.1. The molecule has 5 nitrogen and oxygen atoms in total. The van der Waals surface area contributed by atoms with Crippen LogP contribution in [0.15, 0.2) is 10.5 Å². The van der Waals surface area contributed by atoms with Gasteiger partial charge in [-0.15, -0.1) is 11.3 Å². The number of anilines is 1. The number of carbonyl (C=O) groups excluding carboxylic acids is 1. The van der Waals surface area contributed by atoms with Crippen LogP contribution in [0.5, 0.6) is 0 Å². The van der Waals surface area contributed by atoms with E-state index in [-0.39, 0.29) is 5.71 Å². The smallest absolute Gasteiger partial charge is 0.183 e. The van der Waals surface area contributed by atoms with Gasteiger partial charge in [0.25, 0.3) is 0 Å². The fourth-order valence-corrected chi connectivity index (χ4v) is 1.40. The number of nitrogens with one attached hydrogen (secondary N) is 1. The summed E-state index contributed by atoms with van der Waals surface area (Å²) in [5, 5.41) is 8.86. The number of aldehydes is 1. The number of hydrogen-bond donors (Lipinski definition) is 1. The topological polar surface area (TPSA) is 63.6 Å². The summed E-state index contributed by atoms with van der Waals surface area (Å²) in [5.74, 6) is 0. The zero-order chi connectivity index (χ0) is 9.68. The van der Waals surface area contributed by atoms with Crippen molar-refractivity contribution < 1.29 is 9.63 Å². The molecule has 1 aromatic heterocycles. The van der Waals surface area contributed by atoms with Gasteiger partial charge >= 0.3 is 0 Å². The second kappa shape index (κ2) is 4.56. The van der Waals surface area contributed by atoms with Crippen molar-refractivity contribution in [2.45, 2.75) is 0 Å². The molecule has 0 bridgehead atoms. The molecule has 0 radical (unpaired) electrons. The van der Waals surface area contributed by atoms with Gasteiger partial charge in [0.05, 0.1) is 0 Å². The molecule has 0 aliphatic carbocycles. The van der Waals surface area contributed by atoms with Gasteiger partial charge in [-0.2, -0.15) is 0 Å². The van der Waals surface area contributed by atoms with Gasteiger partial charge < -0.3 is 10.2 Å². The Hall–Kier alpha value is -1.43. The van der Waals surface area contributed by atoms with Gasteiger partial charge in [0, 0.05) is 12.4 Å². The Labute approximate surface area is 79.4 Å². The molecule has 1 rings (SSSR count). The molecule has 1 N–H and O–H groups in total. The average molecular weight is 199 g/mol. The predicted molar refractivity (Wildman–Crippen MR) is 51.3 cm³/mol. The lowest BCUT2D eigenvalue weighted by molar-refractivity contribution is -0.102. The van der Waals surface area contributed by atoms with E-state index < -0.39 is 0 Å². The van der Waals surface area contributed by atoms with Crippen molar-refractivity contribution in [2.24, 2.45) is 5.16 Å². The van der Waals surface area contributed by atoms with Crippen molar-refractivity contribution in [2.75, 3.05) is 19.5 Å². The molecule has 0 spiro atoms. The molecule has 0 amide bonds. The van der Waals surface area contributed by atoms with E-state index in [1.54, 1.807) is 12.4 Å². The second-order valence-corrected chi connectivity index (χ2v) is 2.92. The maximum Gasteiger partial charge on any atom is 0.183 e. The zero-order valence-electron chi connectivity index (χ0n) is 7.27. The van der Waals surface area contributed by atoms with E-state index >= 15 is 0 Å². The first-order valence-electron chi connectivity index (χ1n) is 3.51. The van der Waals surface area contributed by atoms with E-state index in [9.17, 15) is 4.79 Å². The van der Waals surface area contributed by atoms with E-state index in [0.717, 1.165) is 5.13 Å². The van der Waals surface area contributed by atoms with E-state index in [4.69, 9.17) is 0 Å². The summed E-state index contributed by atoms with van der Waals surface area (Å²) in [7, 11) is 3.14. The lowest BCUT2D eigenvalue weighted by atomic mass is 10.3. The van der Waals surface area contributed by atoms with Crippen LogP contribution in [0.3, 0.4) is 0 Å². The van der Waals surface area contributed by atoms with Crippen molar-refractivity contribution in [3.8, 4) is 0 Å². The highest BCUT2D eigenvalue weighted by atomic mass is 32.1. The molecule has 13 heavy (non-hydrogen) atoms. The van der Waals surface area contributed by atoms with Crippen LogP contribution in [0.2, 0.25) is 0 Å². The number of hydrogen-bond acceptors (Lipinski definition) is 6. The molecule has 0 saturated heterocycles. The van der Waals surface area contributed by atoms with E-state index in [1.165, 1.54) is 18.4 Å². The van der Waals surface area contributed by atoms with Gasteiger partial charge in [0.15, 0.2) is 17.1 Å². The molecule has 0 unspecified atom stereocenters. The summed E-state index contributed by atoms with van der Waals surface area (Å²) in [5.41, 5.74) is 0.714. The van der Waals surface area contributed by atoms with Gasteiger partial charge in [0.1, 0.15) is 12.8 Å². The van der Waals surface area contributed by atoms with Crippen molar-refractivity contribution in [1.29, 1.82) is 0 Å². The highest BCUT2D eigenvalue weighted by Crippen LogP contribution is 2.14. The minimum Gasteiger partial charge on any atom is -0.398 e. The summed E-state index contributed by atoms with van der Waals surface area (Å²) in [6, 6.07) is 0. The molecule has 0 aliphatic heterocycles. The maximum absolute atomic E-state index is 10.5. The van der Waals surface area contributed by atoms with Gasteiger partial charge in [-0.3, -0.25) is 4.79 Å². The third-order valence-electron chi connectivity index (χ3n) is 1.28. The Balaban J connectivity index is 2.91. The molecule has 0 aliphatic rings. The number of aromatic nitrogens is 1. The van der Waals surface area contributed by atoms with Crippen molar-refractivity contribution in [3.63, 3.8) is 0 Å². The average Bonchev–Trinajstić information content (AvgIpc) is 2.62. The largest absolute Gasteiger partial charge is 0.398 e. The molecule has 0 aromatic carbocycles. The van der Waals surface area contributed by atoms with Crippen LogP contribution >= 0.6 is 11.3 Å². The number of oxime groups is 1. The Morgan fingerprint density at radius 2 is 2.62 bits per heavy atom. The molecule has 1 aromatic rings. The van der Waals surface area contributed by atoms with Gasteiger partial charge in [-0.1, -0.05) is 5.16 Å². The normalized spacial score (nSPS) is 11.1. The predicted octanol–water partition coefficient (Wildman–Crippen LogP) is 0.734. The number of carbonyl (C=O) groups is 1. The van der Waals surface area contributed by atoms with Crippen LogP contribution < -0.4 is 5.32 Å². The van der Waals surface area contributed by atoms with Gasteiger partial charge in [-0.25, -0.2) is 4.98 Å². The first-order valence-corrected chi connectivity index (χ1v) is 4.39. The Bertz CT molecular complexity index is 321. The molecule has 70 valence electrons. The third-order valence-corrected chi connectivity index (χ3v) is 2.14. The van der Waals surface area contributed by atoms with Crippen LogP contribution in [-0.4, -0.2) is 31.1 Å². The SMILES string of the molecule is CNc1nc(/C(C=O)=N/OC)cs1. The lowest BCUT2D eigenvalue weighted by Gasteiger charge is -1.92. The van der Waals surface area contributed by atoms with Crippen molar-refractivity contribution >= 4 is 28.5 Å². The molecule has 6 heteroatoms. The Morgan fingerprint density at radius 1 is 1.85 bits per heavy atom. The number of thiazole rings is 1. The first kappa shape index (κ1) is 9.66. The Morgan fingerprint density at radius 3 is 3.08 bits per heavy atom. The van der Waals surface area contributed by atoms with Crippen molar-refractivity contribution in [3.05, 3.63) is 11.1 Å². The first-order chi connectivity index (χ1) is 6.31. The third kappa shape index (κ3) is 2.25.